The monoisotopic (exact) mass is 542 g/mol. The van der Waals surface area contributed by atoms with Crippen molar-refractivity contribution in [3.8, 4) is 5.75 Å². The third kappa shape index (κ3) is 10.1. The van der Waals surface area contributed by atoms with Crippen LogP contribution in [-0.4, -0.2) is 69.1 Å². The van der Waals surface area contributed by atoms with Gasteiger partial charge in [-0.2, -0.15) is 0 Å². The fourth-order valence-electron chi connectivity index (χ4n) is 3.74. The molecule has 12 heteroatoms. The van der Waals surface area contributed by atoms with Crippen LogP contribution >= 0.6 is 0 Å². The van der Waals surface area contributed by atoms with E-state index in [0.29, 0.717) is 11.1 Å². The van der Waals surface area contributed by atoms with Gasteiger partial charge < -0.3 is 37.0 Å². The van der Waals surface area contributed by atoms with Crippen molar-refractivity contribution in [2.24, 2.45) is 11.7 Å². The first kappa shape index (κ1) is 30.8. The number of nitrogens with one attached hydrogen (secondary N) is 3. The second-order valence-electron chi connectivity index (χ2n) is 9.46. The number of hydrogen-bond acceptors (Lipinski definition) is 7. The average molecular weight is 543 g/mol. The number of amides is 3. The molecule has 0 heterocycles. The van der Waals surface area contributed by atoms with Crippen LogP contribution in [0.15, 0.2) is 54.6 Å². The Morgan fingerprint density at radius 1 is 0.744 bits per heavy atom. The third-order valence-electron chi connectivity index (χ3n) is 5.89. The van der Waals surface area contributed by atoms with Crippen LogP contribution in [0.4, 0.5) is 0 Å². The second-order valence-corrected chi connectivity index (χ2v) is 9.46. The average Bonchev–Trinajstić information content (AvgIpc) is 2.87. The van der Waals surface area contributed by atoms with Crippen LogP contribution in [0.2, 0.25) is 0 Å². The van der Waals surface area contributed by atoms with Gasteiger partial charge in [0.15, 0.2) is 0 Å². The van der Waals surface area contributed by atoms with Crippen LogP contribution in [-0.2, 0) is 36.8 Å². The molecule has 0 fully saturated rings. The zero-order chi connectivity index (χ0) is 29.1. The van der Waals surface area contributed by atoms with Crippen molar-refractivity contribution in [3.05, 3.63) is 65.7 Å². The molecular formula is C27H34N4O8. The summed E-state index contributed by atoms with van der Waals surface area (Å²) in [6, 6.07) is 9.63. The molecule has 4 unspecified atom stereocenters. The lowest BCUT2D eigenvalue weighted by molar-refractivity contribution is -0.144. The molecule has 0 bridgehead atoms. The lowest BCUT2D eigenvalue weighted by Gasteiger charge is -2.25. The minimum atomic E-state index is -1.60. The Labute approximate surface area is 225 Å². The Hall–Kier alpha value is -4.45. The topological polar surface area (TPSA) is 208 Å². The van der Waals surface area contributed by atoms with Gasteiger partial charge in [0.05, 0.1) is 12.5 Å². The Balaban J connectivity index is 2.22. The van der Waals surface area contributed by atoms with Crippen LogP contribution in [0.5, 0.6) is 5.75 Å². The zero-order valence-electron chi connectivity index (χ0n) is 21.7. The van der Waals surface area contributed by atoms with Gasteiger partial charge in [-0.3, -0.25) is 19.2 Å². The van der Waals surface area contributed by atoms with Gasteiger partial charge in [0.1, 0.15) is 23.9 Å². The van der Waals surface area contributed by atoms with Crippen LogP contribution in [0, 0.1) is 5.92 Å². The summed E-state index contributed by atoms with van der Waals surface area (Å²) >= 11 is 0. The molecule has 12 nitrogen and oxygen atoms in total. The van der Waals surface area contributed by atoms with Crippen molar-refractivity contribution in [1.82, 2.24) is 16.0 Å². The SMILES string of the molecule is CC(C)C(NC(=O)C(CC(=O)O)NC(=O)C(Cc1ccccc1)NC(=O)C(N)Cc1ccc(O)cc1)C(=O)O. The molecule has 2 rings (SSSR count). The molecule has 0 saturated heterocycles. The molecule has 4 atom stereocenters. The summed E-state index contributed by atoms with van der Waals surface area (Å²) in [5.74, 6) is -5.65. The molecule has 8 N–H and O–H groups in total. The Bertz CT molecular complexity index is 1150. The standard InChI is InChI=1S/C27H34N4O8/c1-15(2)23(27(38)39)31-26(37)21(14-22(33)34)30-25(36)20(13-16-6-4-3-5-7-16)29-24(35)19(28)12-17-8-10-18(32)11-9-17/h3-11,15,19-21,23,32H,12-14,28H2,1-2H3,(H,29,35)(H,30,36)(H,31,37)(H,33,34)(H,38,39). The molecular weight excluding hydrogens is 508 g/mol. The van der Waals surface area contributed by atoms with Gasteiger partial charge in [0.25, 0.3) is 0 Å². The van der Waals surface area contributed by atoms with Crippen molar-refractivity contribution in [1.29, 1.82) is 0 Å². The molecule has 39 heavy (non-hydrogen) atoms. The molecule has 0 spiro atoms. The summed E-state index contributed by atoms with van der Waals surface area (Å²) in [4.78, 5) is 61.9. The number of hydrogen-bond donors (Lipinski definition) is 7. The molecule has 0 radical (unpaired) electrons. The van der Waals surface area contributed by atoms with Gasteiger partial charge >= 0.3 is 11.9 Å². The predicted molar refractivity (Wildman–Crippen MR) is 140 cm³/mol. The van der Waals surface area contributed by atoms with Gasteiger partial charge in [-0.05, 0) is 35.6 Å². The van der Waals surface area contributed by atoms with Gasteiger partial charge in [-0.25, -0.2) is 4.79 Å². The lowest BCUT2D eigenvalue weighted by Crippen LogP contribution is -2.58. The molecule has 2 aromatic carbocycles. The van der Waals surface area contributed by atoms with E-state index in [1.807, 2.05) is 0 Å². The van der Waals surface area contributed by atoms with E-state index in [9.17, 15) is 39.3 Å². The number of carbonyl (C=O) groups excluding carboxylic acids is 3. The fraction of sp³-hybridized carbons (Fsp3) is 0.370. The van der Waals surface area contributed by atoms with E-state index in [0.717, 1.165) is 0 Å². The largest absolute Gasteiger partial charge is 0.508 e. The maximum atomic E-state index is 13.3. The van der Waals surface area contributed by atoms with E-state index in [2.05, 4.69) is 16.0 Å². The number of carbonyl (C=O) groups is 5. The number of phenolic OH excluding ortho intramolecular Hbond substituents is 1. The molecule has 0 saturated carbocycles. The summed E-state index contributed by atoms with van der Waals surface area (Å²) in [6.07, 6.45) is -0.689. The minimum Gasteiger partial charge on any atom is -0.508 e. The number of carboxylic acids is 2. The summed E-state index contributed by atoms with van der Waals surface area (Å²) in [6.45, 7) is 3.13. The number of rotatable bonds is 14. The zero-order valence-corrected chi connectivity index (χ0v) is 21.7. The van der Waals surface area contributed by atoms with Crippen molar-refractivity contribution < 1.29 is 39.3 Å². The third-order valence-corrected chi connectivity index (χ3v) is 5.89. The first-order valence-corrected chi connectivity index (χ1v) is 12.3. The molecule has 0 aliphatic rings. The van der Waals surface area contributed by atoms with E-state index in [4.69, 9.17) is 5.73 Å². The fourth-order valence-corrected chi connectivity index (χ4v) is 3.74. The van der Waals surface area contributed by atoms with Gasteiger partial charge in [-0.15, -0.1) is 0 Å². The Kier molecular flexibility index (Phi) is 11.4. The highest BCUT2D eigenvalue weighted by Gasteiger charge is 2.32. The van der Waals surface area contributed by atoms with Crippen molar-refractivity contribution in [3.63, 3.8) is 0 Å². The summed E-state index contributed by atoms with van der Waals surface area (Å²) < 4.78 is 0. The summed E-state index contributed by atoms with van der Waals surface area (Å²) in [7, 11) is 0. The first-order chi connectivity index (χ1) is 18.4. The van der Waals surface area contributed by atoms with E-state index < -0.39 is 66.2 Å². The van der Waals surface area contributed by atoms with Gasteiger partial charge in [-0.1, -0.05) is 56.3 Å². The smallest absolute Gasteiger partial charge is 0.326 e. The number of aromatic hydroxyl groups is 1. The number of nitrogens with two attached hydrogens (primary N) is 1. The van der Waals surface area contributed by atoms with Crippen LogP contribution in [0.25, 0.3) is 0 Å². The normalized spacial score (nSPS) is 13.9. The van der Waals surface area contributed by atoms with E-state index in [-0.39, 0.29) is 18.6 Å². The number of benzene rings is 2. The van der Waals surface area contributed by atoms with Crippen LogP contribution < -0.4 is 21.7 Å². The van der Waals surface area contributed by atoms with E-state index >= 15 is 0 Å². The van der Waals surface area contributed by atoms with Crippen molar-refractivity contribution >= 4 is 29.7 Å². The highest BCUT2D eigenvalue weighted by molar-refractivity contribution is 5.95. The first-order valence-electron chi connectivity index (χ1n) is 12.3. The minimum absolute atomic E-state index is 0.00942. The predicted octanol–water partition coefficient (Wildman–Crippen LogP) is 0.174. The summed E-state index contributed by atoms with van der Waals surface area (Å²) in [5, 5.41) is 35.3. The molecule has 0 aliphatic heterocycles. The highest BCUT2D eigenvalue weighted by atomic mass is 16.4. The molecule has 0 aliphatic carbocycles. The van der Waals surface area contributed by atoms with Crippen LogP contribution in [0.3, 0.4) is 0 Å². The Morgan fingerprint density at radius 3 is 1.82 bits per heavy atom. The number of carboxylic acid groups (broad SMARTS) is 2. The quantitative estimate of drug-likeness (QED) is 0.173. The maximum Gasteiger partial charge on any atom is 0.326 e. The molecule has 210 valence electrons. The Morgan fingerprint density at radius 2 is 1.28 bits per heavy atom. The van der Waals surface area contributed by atoms with Crippen molar-refractivity contribution in [2.75, 3.05) is 0 Å². The van der Waals surface area contributed by atoms with Crippen molar-refractivity contribution in [2.45, 2.75) is 57.3 Å². The summed E-state index contributed by atoms with van der Waals surface area (Å²) in [5.41, 5.74) is 7.40. The number of aliphatic carboxylic acids is 2. The van der Waals surface area contributed by atoms with Gasteiger partial charge in [0.2, 0.25) is 17.7 Å². The number of phenols is 1. The maximum absolute atomic E-state index is 13.3. The van der Waals surface area contributed by atoms with Gasteiger partial charge in [0, 0.05) is 6.42 Å². The molecule has 2 aromatic rings. The second kappa shape index (κ2) is 14.5. The molecule has 3 amide bonds. The highest BCUT2D eigenvalue weighted by Crippen LogP contribution is 2.12. The lowest BCUT2D eigenvalue weighted by atomic mass is 10.0. The molecule has 0 aromatic heterocycles. The van der Waals surface area contributed by atoms with E-state index in [1.165, 1.54) is 12.1 Å². The van der Waals surface area contributed by atoms with E-state index in [1.54, 1.807) is 56.3 Å². The van der Waals surface area contributed by atoms with Crippen LogP contribution in [0.1, 0.15) is 31.4 Å².